The van der Waals surface area contributed by atoms with Gasteiger partial charge in [-0.05, 0) is 44.5 Å². The average molecular weight is 351 g/mol. The van der Waals surface area contributed by atoms with Crippen LogP contribution in [0.25, 0.3) is 0 Å². The van der Waals surface area contributed by atoms with Gasteiger partial charge < -0.3 is 15.2 Å². The molecule has 0 bridgehead atoms. The van der Waals surface area contributed by atoms with Gasteiger partial charge in [0.2, 0.25) is 0 Å². The van der Waals surface area contributed by atoms with Crippen molar-refractivity contribution in [1.29, 1.82) is 0 Å². The fourth-order valence-corrected chi connectivity index (χ4v) is 2.16. The van der Waals surface area contributed by atoms with Crippen LogP contribution in [0, 0.1) is 0 Å². The maximum absolute atomic E-state index is 11.7. The van der Waals surface area contributed by atoms with E-state index in [2.05, 4.69) is 21.2 Å². The highest BCUT2D eigenvalue weighted by Gasteiger charge is 2.21. The van der Waals surface area contributed by atoms with Gasteiger partial charge in [0.1, 0.15) is 5.60 Å². The number of aliphatic hydroxyl groups excluding tert-OH is 1. The first-order valence-electron chi connectivity index (χ1n) is 5.78. The van der Waals surface area contributed by atoms with Gasteiger partial charge in [-0.2, -0.15) is 0 Å². The van der Waals surface area contributed by atoms with Crippen molar-refractivity contribution in [2.75, 3.05) is 6.61 Å². The van der Waals surface area contributed by atoms with Gasteiger partial charge in [0, 0.05) is 9.50 Å². The Bertz CT molecular complexity index is 460. The molecule has 0 aromatic heterocycles. The molecule has 0 radical (unpaired) electrons. The van der Waals surface area contributed by atoms with E-state index in [1.54, 1.807) is 39.0 Å². The average Bonchev–Trinajstić information content (AvgIpc) is 2.27. The van der Waals surface area contributed by atoms with E-state index in [9.17, 15) is 9.90 Å². The lowest BCUT2D eigenvalue weighted by atomic mass is 10.1. The third kappa shape index (κ3) is 5.38. The van der Waals surface area contributed by atoms with Gasteiger partial charge in [0.05, 0.1) is 12.6 Å². The molecular formula is C13H17BrClNO3. The monoisotopic (exact) mass is 349 g/mol. The van der Waals surface area contributed by atoms with Crippen molar-refractivity contribution in [1.82, 2.24) is 5.32 Å². The summed E-state index contributed by atoms with van der Waals surface area (Å²) in [5.41, 5.74) is 0.108. The predicted octanol–water partition coefficient (Wildman–Crippen LogP) is 3.66. The highest BCUT2D eigenvalue weighted by Crippen LogP contribution is 2.26. The zero-order valence-electron chi connectivity index (χ0n) is 11.0. The van der Waals surface area contributed by atoms with Crippen LogP contribution in [0.5, 0.6) is 0 Å². The van der Waals surface area contributed by atoms with Crippen molar-refractivity contribution >= 4 is 33.6 Å². The minimum absolute atomic E-state index is 0.252. The van der Waals surface area contributed by atoms with Crippen molar-refractivity contribution in [3.63, 3.8) is 0 Å². The van der Waals surface area contributed by atoms with E-state index in [0.29, 0.717) is 10.6 Å². The molecule has 0 saturated carbocycles. The molecule has 1 atom stereocenters. The van der Waals surface area contributed by atoms with Crippen LogP contribution in [0.15, 0.2) is 22.7 Å². The molecule has 4 nitrogen and oxygen atoms in total. The summed E-state index contributed by atoms with van der Waals surface area (Å²) in [6.45, 7) is 5.07. The number of alkyl carbamates (subject to hydrolysis) is 1. The van der Waals surface area contributed by atoms with E-state index in [1.165, 1.54) is 0 Å². The van der Waals surface area contributed by atoms with E-state index in [-0.39, 0.29) is 6.61 Å². The number of ether oxygens (including phenoxy) is 1. The number of rotatable bonds is 3. The summed E-state index contributed by atoms with van der Waals surface area (Å²) in [4.78, 5) is 11.7. The lowest BCUT2D eigenvalue weighted by Gasteiger charge is -2.23. The third-order valence-corrected chi connectivity index (χ3v) is 3.16. The van der Waals surface area contributed by atoms with E-state index < -0.39 is 17.7 Å². The molecule has 1 rings (SSSR count). The second kappa shape index (κ2) is 6.59. The number of nitrogens with one attached hydrogen (secondary N) is 1. The first-order valence-corrected chi connectivity index (χ1v) is 6.95. The van der Waals surface area contributed by atoms with Crippen LogP contribution in [0.1, 0.15) is 32.4 Å². The van der Waals surface area contributed by atoms with Gasteiger partial charge in [-0.15, -0.1) is 0 Å². The van der Waals surface area contributed by atoms with Gasteiger partial charge >= 0.3 is 6.09 Å². The molecule has 1 aromatic rings. The topological polar surface area (TPSA) is 58.6 Å². The number of carbonyl (C=O) groups excluding carboxylic acids is 1. The lowest BCUT2D eigenvalue weighted by molar-refractivity contribution is 0.0481. The first-order chi connectivity index (χ1) is 8.73. The number of halogens is 2. The van der Waals surface area contributed by atoms with Crippen LogP contribution in [0.4, 0.5) is 4.79 Å². The van der Waals surface area contributed by atoms with Gasteiger partial charge in [-0.25, -0.2) is 4.79 Å². The number of aliphatic hydroxyl groups is 1. The quantitative estimate of drug-likeness (QED) is 0.874. The van der Waals surface area contributed by atoms with E-state index >= 15 is 0 Å². The van der Waals surface area contributed by atoms with Crippen LogP contribution < -0.4 is 5.32 Å². The normalized spacial score (nSPS) is 12.9. The van der Waals surface area contributed by atoms with E-state index in [0.717, 1.165) is 4.47 Å². The molecule has 6 heteroatoms. The summed E-state index contributed by atoms with van der Waals surface area (Å²) < 4.78 is 5.91. The summed E-state index contributed by atoms with van der Waals surface area (Å²) in [6.07, 6.45) is -0.585. The molecule has 0 saturated heterocycles. The molecule has 0 aliphatic rings. The summed E-state index contributed by atoms with van der Waals surface area (Å²) in [6, 6.07) is 4.58. The van der Waals surface area contributed by atoms with Crippen molar-refractivity contribution in [2.45, 2.75) is 32.4 Å². The zero-order valence-corrected chi connectivity index (χ0v) is 13.4. The Morgan fingerprint density at radius 2 is 2.16 bits per heavy atom. The Balaban J connectivity index is 2.84. The van der Waals surface area contributed by atoms with Crippen molar-refractivity contribution < 1.29 is 14.6 Å². The number of benzene rings is 1. The van der Waals surface area contributed by atoms with Crippen LogP contribution >= 0.6 is 27.5 Å². The second-order valence-corrected chi connectivity index (χ2v) is 6.34. The minimum Gasteiger partial charge on any atom is -0.444 e. The van der Waals surface area contributed by atoms with Crippen molar-refractivity contribution in [3.05, 3.63) is 33.3 Å². The zero-order chi connectivity index (χ0) is 14.6. The molecule has 1 aromatic carbocycles. The summed E-state index contributed by atoms with van der Waals surface area (Å²) in [5.74, 6) is 0. The van der Waals surface area contributed by atoms with Crippen molar-refractivity contribution in [2.24, 2.45) is 0 Å². The lowest BCUT2D eigenvalue weighted by Crippen LogP contribution is -2.36. The minimum atomic E-state index is -0.588. The fraction of sp³-hybridized carbons (Fsp3) is 0.462. The van der Waals surface area contributed by atoms with Gasteiger partial charge in [0.25, 0.3) is 0 Å². The molecule has 0 spiro atoms. The first kappa shape index (κ1) is 16.3. The van der Waals surface area contributed by atoms with Gasteiger partial charge in [-0.1, -0.05) is 27.5 Å². The van der Waals surface area contributed by atoms with E-state index in [1.807, 2.05) is 0 Å². The maximum Gasteiger partial charge on any atom is 0.408 e. The van der Waals surface area contributed by atoms with Gasteiger partial charge in [-0.3, -0.25) is 0 Å². The summed E-state index contributed by atoms with van der Waals surface area (Å²) in [5, 5.41) is 12.5. The fourth-order valence-electron chi connectivity index (χ4n) is 1.45. The summed E-state index contributed by atoms with van der Waals surface area (Å²) >= 11 is 9.28. The Kier molecular flexibility index (Phi) is 5.64. The number of hydrogen-bond acceptors (Lipinski definition) is 3. The van der Waals surface area contributed by atoms with Gasteiger partial charge in [0.15, 0.2) is 0 Å². The molecular weight excluding hydrogens is 334 g/mol. The van der Waals surface area contributed by atoms with Crippen LogP contribution in [-0.2, 0) is 4.74 Å². The van der Waals surface area contributed by atoms with E-state index in [4.69, 9.17) is 16.3 Å². The Morgan fingerprint density at radius 1 is 1.53 bits per heavy atom. The van der Waals surface area contributed by atoms with Crippen LogP contribution in [0.2, 0.25) is 5.02 Å². The maximum atomic E-state index is 11.7. The molecule has 106 valence electrons. The largest absolute Gasteiger partial charge is 0.444 e. The number of hydrogen-bond donors (Lipinski definition) is 2. The Labute approximate surface area is 126 Å². The predicted molar refractivity (Wildman–Crippen MR) is 78.3 cm³/mol. The van der Waals surface area contributed by atoms with Crippen LogP contribution in [-0.4, -0.2) is 23.4 Å². The highest BCUT2D eigenvalue weighted by atomic mass is 79.9. The summed E-state index contributed by atoms with van der Waals surface area (Å²) in [7, 11) is 0. The number of amides is 1. The molecule has 0 fully saturated rings. The SMILES string of the molecule is CC(C)(C)OC(=O)N[C@@H](CO)c1cc(Cl)ccc1Br. The molecule has 0 aliphatic carbocycles. The third-order valence-electron chi connectivity index (χ3n) is 2.21. The molecule has 0 aliphatic heterocycles. The second-order valence-electron chi connectivity index (χ2n) is 5.05. The smallest absolute Gasteiger partial charge is 0.408 e. The standard InChI is InChI=1S/C13H17BrClNO3/c1-13(2,3)19-12(18)16-11(7-17)9-6-8(15)4-5-10(9)14/h4-6,11,17H,7H2,1-3H3,(H,16,18)/t11-/m0/s1. The Hall–Kier alpha value is -0.780. The van der Waals surface area contributed by atoms with Crippen molar-refractivity contribution in [3.8, 4) is 0 Å². The molecule has 0 heterocycles. The molecule has 1 amide bonds. The molecule has 2 N–H and O–H groups in total. The molecule has 0 unspecified atom stereocenters. The van der Waals surface area contributed by atoms with Crippen LogP contribution in [0.3, 0.4) is 0 Å². The Morgan fingerprint density at radius 3 is 2.68 bits per heavy atom. The molecule has 19 heavy (non-hydrogen) atoms. The highest BCUT2D eigenvalue weighted by molar-refractivity contribution is 9.10. The number of carbonyl (C=O) groups is 1.